The van der Waals surface area contributed by atoms with Gasteiger partial charge in [0.05, 0.1) is 6.04 Å². The summed E-state index contributed by atoms with van der Waals surface area (Å²) in [5.41, 5.74) is 3.19. The van der Waals surface area contributed by atoms with Crippen molar-refractivity contribution >= 4 is 16.7 Å². The second-order valence-electron chi connectivity index (χ2n) is 4.04. The van der Waals surface area contributed by atoms with Gasteiger partial charge in [-0.25, -0.2) is 0 Å². The highest BCUT2D eigenvalue weighted by Crippen LogP contribution is 2.27. The predicted octanol–water partition coefficient (Wildman–Crippen LogP) is 2.33. The molecule has 0 aliphatic rings. The number of Topliss-reactive ketones (excluding diaryl/α,β-unsaturated/α-hetero) is 1. The fourth-order valence-corrected chi connectivity index (χ4v) is 2.22. The lowest BCUT2D eigenvalue weighted by Gasteiger charge is -2.13. The summed E-state index contributed by atoms with van der Waals surface area (Å²) in [4.78, 5) is 14.9. The molecule has 3 nitrogen and oxygen atoms in total. The number of aromatic nitrogens is 1. The molecule has 0 aliphatic carbocycles. The van der Waals surface area contributed by atoms with E-state index in [1.165, 1.54) is 0 Å². The van der Waals surface area contributed by atoms with Crippen LogP contribution >= 0.6 is 0 Å². The fraction of sp³-hybridized carbons (Fsp3) is 0.308. The number of benzene rings is 1. The van der Waals surface area contributed by atoms with Crippen LogP contribution in [0.3, 0.4) is 0 Å². The number of ketones is 1. The van der Waals surface area contributed by atoms with Crippen molar-refractivity contribution in [1.82, 2.24) is 10.3 Å². The molecule has 0 saturated heterocycles. The van der Waals surface area contributed by atoms with Crippen LogP contribution in [0.25, 0.3) is 10.9 Å². The third-order valence-electron chi connectivity index (χ3n) is 2.93. The molecule has 16 heavy (non-hydrogen) atoms. The lowest BCUT2D eigenvalue weighted by Crippen LogP contribution is -2.23. The predicted molar refractivity (Wildman–Crippen MR) is 65.5 cm³/mol. The molecule has 1 aromatic heterocycles. The maximum atomic E-state index is 11.6. The number of fused-ring (bicyclic) bond motifs is 1. The lowest BCUT2D eigenvalue weighted by atomic mass is 10.0. The molecule has 0 aliphatic heterocycles. The van der Waals surface area contributed by atoms with Crippen molar-refractivity contribution in [2.75, 3.05) is 7.05 Å². The summed E-state index contributed by atoms with van der Waals surface area (Å²) in [7, 11) is 1.81. The third kappa shape index (κ3) is 1.63. The van der Waals surface area contributed by atoms with E-state index in [0.717, 1.165) is 22.2 Å². The Kier molecular flexibility index (Phi) is 2.79. The summed E-state index contributed by atoms with van der Waals surface area (Å²) in [5, 5.41) is 4.19. The van der Waals surface area contributed by atoms with Crippen LogP contribution in [0.1, 0.15) is 24.2 Å². The standard InChI is InChI=1S/C13H16N2O/c1-8-12(13(14-3)9(2)16)10-6-4-5-7-11(10)15-8/h4-7,13-15H,1-3H3. The van der Waals surface area contributed by atoms with E-state index in [4.69, 9.17) is 0 Å². The van der Waals surface area contributed by atoms with Crippen LogP contribution < -0.4 is 5.32 Å². The molecular formula is C13H16N2O. The second-order valence-corrected chi connectivity index (χ2v) is 4.04. The zero-order valence-electron chi connectivity index (χ0n) is 9.79. The minimum absolute atomic E-state index is 0.135. The largest absolute Gasteiger partial charge is 0.358 e. The smallest absolute Gasteiger partial charge is 0.151 e. The zero-order valence-corrected chi connectivity index (χ0v) is 9.79. The maximum absolute atomic E-state index is 11.6. The fourth-order valence-electron chi connectivity index (χ4n) is 2.22. The first-order chi connectivity index (χ1) is 7.65. The quantitative estimate of drug-likeness (QED) is 0.827. The number of hydrogen-bond acceptors (Lipinski definition) is 2. The first-order valence-corrected chi connectivity index (χ1v) is 5.40. The Morgan fingerprint density at radius 1 is 1.38 bits per heavy atom. The van der Waals surface area contributed by atoms with Crippen molar-refractivity contribution in [2.45, 2.75) is 19.9 Å². The molecule has 1 heterocycles. The summed E-state index contributed by atoms with van der Waals surface area (Å²) >= 11 is 0. The Morgan fingerprint density at radius 2 is 2.06 bits per heavy atom. The molecule has 2 aromatic rings. The number of aryl methyl sites for hydroxylation is 1. The minimum atomic E-state index is -0.226. The van der Waals surface area contributed by atoms with Crippen molar-refractivity contribution < 1.29 is 4.79 Å². The first kappa shape index (κ1) is 10.9. The molecule has 1 unspecified atom stereocenters. The number of H-pyrrole nitrogens is 1. The summed E-state index contributed by atoms with van der Waals surface area (Å²) in [6.07, 6.45) is 0. The van der Waals surface area contributed by atoms with Crippen molar-refractivity contribution in [3.63, 3.8) is 0 Å². The number of likely N-dealkylation sites (N-methyl/N-ethyl adjacent to an activating group) is 1. The summed E-state index contributed by atoms with van der Waals surface area (Å²) < 4.78 is 0. The van der Waals surface area contributed by atoms with Crippen LogP contribution in [0.5, 0.6) is 0 Å². The number of hydrogen-bond donors (Lipinski definition) is 2. The summed E-state index contributed by atoms with van der Waals surface area (Å²) in [6, 6.07) is 7.83. The molecule has 3 heteroatoms. The van der Waals surface area contributed by atoms with E-state index in [9.17, 15) is 4.79 Å². The SMILES string of the molecule is CNC(C(C)=O)c1c(C)[nH]c2ccccc12. The molecule has 2 N–H and O–H groups in total. The molecule has 2 rings (SSSR count). The van der Waals surface area contributed by atoms with Gasteiger partial charge in [-0.15, -0.1) is 0 Å². The third-order valence-corrected chi connectivity index (χ3v) is 2.93. The Balaban J connectivity index is 2.66. The molecule has 0 radical (unpaired) electrons. The van der Waals surface area contributed by atoms with Crippen LogP contribution in [-0.4, -0.2) is 17.8 Å². The van der Waals surface area contributed by atoms with Crippen LogP contribution in [0.2, 0.25) is 0 Å². The zero-order chi connectivity index (χ0) is 11.7. The number of carbonyl (C=O) groups is 1. The molecule has 1 aromatic carbocycles. The Labute approximate surface area is 94.9 Å². The number of carbonyl (C=O) groups excluding carboxylic acids is 1. The van der Waals surface area contributed by atoms with E-state index >= 15 is 0 Å². The Bertz CT molecular complexity index is 528. The van der Waals surface area contributed by atoms with Gasteiger partial charge in [-0.2, -0.15) is 0 Å². The van der Waals surface area contributed by atoms with Gasteiger partial charge in [-0.1, -0.05) is 18.2 Å². The number of nitrogens with one attached hydrogen (secondary N) is 2. The van der Waals surface area contributed by atoms with E-state index in [1.807, 2.05) is 38.2 Å². The second kappa shape index (κ2) is 4.10. The van der Waals surface area contributed by atoms with Gasteiger partial charge in [-0.3, -0.25) is 4.79 Å². The average Bonchev–Trinajstić information content (AvgIpc) is 2.57. The van der Waals surface area contributed by atoms with E-state index in [-0.39, 0.29) is 11.8 Å². The Hall–Kier alpha value is -1.61. The average molecular weight is 216 g/mol. The molecule has 1 atom stereocenters. The van der Waals surface area contributed by atoms with Crippen molar-refractivity contribution in [3.05, 3.63) is 35.5 Å². The number of rotatable bonds is 3. The molecule has 0 fully saturated rings. The van der Waals surface area contributed by atoms with Crippen LogP contribution in [0, 0.1) is 6.92 Å². The van der Waals surface area contributed by atoms with Gasteiger partial charge in [-0.05, 0) is 27.0 Å². The molecule has 0 amide bonds. The summed E-state index contributed by atoms with van der Waals surface area (Å²) in [6.45, 7) is 3.62. The van der Waals surface area contributed by atoms with Gasteiger partial charge in [0.2, 0.25) is 0 Å². The van der Waals surface area contributed by atoms with E-state index in [2.05, 4.69) is 10.3 Å². The van der Waals surface area contributed by atoms with Gasteiger partial charge >= 0.3 is 0 Å². The molecule has 84 valence electrons. The lowest BCUT2D eigenvalue weighted by molar-refractivity contribution is -0.118. The number of aromatic amines is 1. The topological polar surface area (TPSA) is 44.9 Å². The van der Waals surface area contributed by atoms with Gasteiger partial charge < -0.3 is 10.3 Å². The summed E-state index contributed by atoms with van der Waals surface area (Å²) in [5.74, 6) is 0.135. The van der Waals surface area contributed by atoms with E-state index in [1.54, 1.807) is 6.92 Å². The normalized spacial score (nSPS) is 12.9. The minimum Gasteiger partial charge on any atom is -0.358 e. The van der Waals surface area contributed by atoms with Crippen molar-refractivity contribution in [1.29, 1.82) is 0 Å². The van der Waals surface area contributed by atoms with Crippen LogP contribution in [0.4, 0.5) is 0 Å². The maximum Gasteiger partial charge on any atom is 0.151 e. The Morgan fingerprint density at radius 3 is 2.69 bits per heavy atom. The van der Waals surface area contributed by atoms with Gasteiger partial charge in [0.15, 0.2) is 5.78 Å². The van der Waals surface area contributed by atoms with Gasteiger partial charge in [0.25, 0.3) is 0 Å². The number of para-hydroxylation sites is 1. The van der Waals surface area contributed by atoms with Crippen LogP contribution in [-0.2, 0) is 4.79 Å². The molecule has 0 saturated carbocycles. The first-order valence-electron chi connectivity index (χ1n) is 5.40. The van der Waals surface area contributed by atoms with E-state index in [0.29, 0.717) is 0 Å². The molecule has 0 bridgehead atoms. The van der Waals surface area contributed by atoms with E-state index < -0.39 is 0 Å². The monoisotopic (exact) mass is 216 g/mol. The highest BCUT2D eigenvalue weighted by atomic mass is 16.1. The van der Waals surface area contributed by atoms with Crippen molar-refractivity contribution in [2.24, 2.45) is 0 Å². The van der Waals surface area contributed by atoms with Crippen molar-refractivity contribution in [3.8, 4) is 0 Å². The highest BCUT2D eigenvalue weighted by Gasteiger charge is 2.20. The van der Waals surface area contributed by atoms with Gasteiger partial charge in [0, 0.05) is 22.2 Å². The molecular weight excluding hydrogens is 200 g/mol. The molecule has 0 spiro atoms. The van der Waals surface area contributed by atoms with Gasteiger partial charge in [0.1, 0.15) is 0 Å². The van der Waals surface area contributed by atoms with Crippen LogP contribution in [0.15, 0.2) is 24.3 Å². The highest BCUT2D eigenvalue weighted by molar-refractivity contribution is 5.92.